The molecule has 3 N–H and O–H groups in total. The molecule has 6 heteroatoms. The van der Waals surface area contributed by atoms with Crippen molar-refractivity contribution in [2.24, 2.45) is 5.73 Å². The van der Waals surface area contributed by atoms with E-state index in [2.05, 4.69) is 67.7 Å². The summed E-state index contributed by atoms with van der Waals surface area (Å²) in [7, 11) is -3.25. The van der Waals surface area contributed by atoms with Crippen LogP contribution in [0.25, 0.3) is 0 Å². The first-order valence-corrected chi connectivity index (χ1v) is 20.5. The Morgan fingerprint density at radius 3 is 1.17 bits per heavy atom. The topological polar surface area (TPSA) is 64.7 Å². The van der Waals surface area contributed by atoms with Gasteiger partial charge >= 0.3 is 0 Å². The Balaban J connectivity index is 4.23. The lowest BCUT2D eigenvalue weighted by atomic mass is 9.85. The Bertz CT molecular complexity index is 499. The molecule has 0 aromatic rings. The molecule has 0 saturated carbocycles. The van der Waals surface area contributed by atoms with Gasteiger partial charge in [-0.1, -0.05) is 80.1 Å². The lowest BCUT2D eigenvalue weighted by Gasteiger charge is -2.36. The van der Waals surface area contributed by atoms with Crippen LogP contribution in [-0.2, 0) is 8.85 Å². The van der Waals surface area contributed by atoms with E-state index in [9.17, 15) is 5.11 Å². The Morgan fingerprint density at radius 1 is 0.543 bits per heavy atom. The normalized spacial score (nSPS) is 14.1. The number of nitrogens with two attached hydrogens (primary N) is 1. The van der Waals surface area contributed by atoms with Gasteiger partial charge in [-0.15, -0.1) is 0 Å². The zero-order valence-electron chi connectivity index (χ0n) is 25.7. The molecule has 0 bridgehead atoms. The second-order valence-corrected chi connectivity index (χ2v) is 23.6. The van der Waals surface area contributed by atoms with E-state index in [1.165, 1.54) is 25.7 Å². The van der Waals surface area contributed by atoms with E-state index in [0.717, 1.165) is 77.5 Å². The first kappa shape index (κ1) is 35.3. The summed E-state index contributed by atoms with van der Waals surface area (Å²) in [6.45, 7) is 25.6. The monoisotopic (exact) mass is 531 g/mol. The SMILES string of the molecule is CC(C)(C)[Si](C)(C)OCCCCCCC(O)(CCCCN)CCCCCCO[Si](C)(C)C(C)(C)C. The molecule has 0 aromatic carbocycles. The van der Waals surface area contributed by atoms with Gasteiger partial charge in [-0.25, -0.2) is 0 Å². The Labute approximate surface area is 222 Å². The predicted octanol–water partition coefficient (Wildman–Crippen LogP) is 8.79. The summed E-state index contributed by atoms with van der Waals surface area (Å²) in [5.74, 6) is 0. The highest BCUT2D eigenvalue weighted by Crippen LogP contribution is 2.37. The summed E-state index contributed by atoms with van der Waals surface area (Å²) < 4.78 is 12.6. The Kier molecular flexibility index (Phi) is 16.4. The van der Waals surface area contributed by atoms with E-state index in [4.69, 9.17) is 14.6 Å². The smallest absolute Gasteiger partial charge is 0.191 e. The van der Waals surface area contributed by atoms with Crippen molar-refractivity contribution >= 4 is 16.6 Å². The fourth-order valence-corrected chi connectivity index (χ4v) is 6.06. The van der Waals surface area contributed by atoms with Crippen molar-refractivity contribution in [2.45, 2.75) is 167 Å². The van der Waals surface area contributed by atoms with Crippen molar-refractivity contribution < 1.29 is 14.0 Å². The zero-order chi connectivity index (χ0) is 27.2. The zero-order valence-corrected chi connectivity index (χ0v) is 27.7. The Hall–Kier alpha value is 0.274. The minimum atomic E-state index is -1.62. The molecule has 212 valence electrons. The summed E-state index contributed by atoms with van der Waals surface area (Å²) in [5.41, 5.74) is 5.20. The van der Waals surface area contributed by atoms with Gasteiger partial charge in [-0.2, -0.15) is 0 Å². The van der Waals surface area contributed by atoms with Crippen molar-refractivity contribution in [1.29, 1.82) is 0 Å². The number of hydrogen-bond acceptors (Lipinski definition) is 4. The third kappa shape index (κ3) is 15.3. The van der Waals surface area contributed by atoms with Gasteiger partial charge in [0.05, 0.1) is 5.60 Å². The minimum Gasteiger partial charge on any atom is -0.417 e. The predicted molar refractivity (Wildman–Crippen MR) is 160 cm³/mol. The molecule has 0 aliphatic rings. The average molecular weight is 532 g/mol. The summed E-state index contributed by atoms with van der Waals surface area (Å²) in [6, 6.07) is 0. The molecule has 4 nitrogen and oxygen atoms in total. The molecule has 0 spiro atoms. The molecule has 0 saturated heterocycles. The average Bonchev–Trinajstić information content (AvgIpc) is 2.71. The first-order chi connectivity index (χ1) is 16.0. The Morgan fingerprint density at radius 2 is 0.857 bits per heavy atom. The summed E-state index contributed by atoms with van der Waals surface area (Å²) in [5, 5.41) is 11.9. The van der Waals surface area contributed by atoms with Gasteiger partial charge in [0.2, 0.25) is 0 Å². The fraction of sp³-hybridized carbons (Fsp3) is 1.00. The van der Waals surface area contributed by atoms with E-state index in [0.29, 0.717) is 0 Å². The highest BCUT2D eigenvalue weighted by Gasteiger charge is 2.37. The van der Waals surface area contributed by atoms with E-state index in [1.807, 2.05) is 0 Å². The quantitative estimate of drug-likeness (QED) is 0.122. The molecule has 0 amide bonds. The van der Waals surface area contributed by atoms with Crippen LogP contribution in [0.15, 0.2) is 0 Å². The minimum absolute atomic E-state index is 0.283. The van der Waals surface area contributed by atoms with Crippen LogP contribution in [-0.4, -0.2) is 47.1 Å². The molecule has 0 radical (unpaired) electrons. The largest absolute Gasteiger partial charge is 0.417 e. The third-order valence-electron chi connectivity index (χ3n) is 8.71. The van der Waals surface area contributed by atoms with Crippen LogP contribution in [0.1, 0.15) is 125 Å². The molecule has 0 aromatic heterocycles. The van der Waals surface area contributed by atoms with Crippen LogP contribution >= 0.6 is 0 Å². The van der Waals surface area contributed by atoms with E-state index >= 15 is 0 Å². The maximum atomic E-state index is 11.4. The van der Waals surface area contributed by atoms with Gasteiger partial charge in [0, 0.05) is 13.2 Å². The number of rotatable bonds is 20. The van der Waals surface area contributed by atoms with Gasteiger partial charge in [0.1, 0.15) is 0 Å². The van der Waals surface area contributed by atoms with Crippen molar-refractivity contribution in [3.8, 4) is 0 Å². The van der Waals surface area contributed by atoms with E-state index < -0.39 is 22.2 Å². The fourth-order valence-electron chi connectivity index (χ4n) is 3.88. The van der Waals surface area contributed by atoms with Gasteiger partial charge in [0.25, 0.3) is 0 Å². The van der Waals surface area contributed by atoms with Crippen LogP contribution in [0, 0.1) is 0 Å². The van der Waals surface area contributed by atoms with Gasteiger partial charge in [-0.05, 0) is 87.8 Å². The summed E-state index contributed by atoms with van der Waals surface area (Å²) in [4.78, 5) is 0. The molecule has 0 unspecified atom stereocenters. The first-order valence-electron chi connectivity index (χ1n) is 14.7. The van der Waals surface area contributed by atoms with Crippen LogP contribution in [0.2, 0.25) is 36.3 Å². The molecule has 0 fully saturated rings. The second kappa shape index (κ2) is 16.3. The van der Waals surface area contributed by atoms with E-state index in [-0.39, 0.29) is 10.1 Å². The molecule has 0 aliphatic heterocycles. The van der Waals surface area contributed by atoms with Gasteiger partial charge < -0.3 is 19.7 Å². The number of hydrogen-bond donors (Lipinski definition) is 2. The molecule has 0 heterocycles. The van der Waals surface area contributed by atoms with Crippen LogP contribution in [0.4, 0.5) is 0 Å². The van der Waals surface area contributed by atoms with E-state index in [1.54, 1.807) is 0 Å². The number of aliphatic hydroxyl groups is 1. The second-order valence-electron chi connectivity index (χ2n) is 14.0. The van der Waals surface area contributed by atoms with Gasteiger partial charge in [0.15, 0.2) is 16.6 Å². The standard InChI is InChI=1S/C29H65NO3Si2/c1-27(2,3)34(7,8)32-25-19-13-11-15-21-29(31,23-17-18-24-30)22-16-12-14-20-26-33-35(9,10)28(4,5)6/h31H,11-26,30H2,1-10H3. The summed E-state index contributed by atoms with van der Waals surface area (Å²) >= 11 is 0. The van der Waals surface area contributed by atoms with Crippen molar-refractivity contribution in [1.82, 2.24) is 0 Å². The van der Waals surface area contributed by atoms with Crippen LogP contribution in [0.5, 0.6) is 0 Å². The van der Waals surface area contributed by atoms with Crippen LogP contribution in [0.3, 0.4) is 0 Å². The molecule has 0 atom stereocenters. The number of unbranched alkanes of at least 4 members (excludes halogenated alkanes) is 7. The van der Waals surface area contributed by atoms with Crippen molar-refractivity contribution in [2.75, 3.05) is 19.8 Å². The maximum Gasteiger partial charge on any atom is 0.191 e. The molecule has 35 heavy (non-hydrogen) atoms. The highest BCUT2D eigenvalue weighted by atomic mass is 28.4. The molecule has 0 aliphatic carbocycles. The van der Waals surface area contributed by atoms with Crippen LogP contribution < -0.4 is 5.73 Å². The highest BCUT2D eigenvalue weighted by molar-refractivity contribution is 6.74. The lowest BCUT2D eigenvalue weighted by molar-refractivity contribution is 0.00727. The van der Waals surface area contributed by atoms with Crippen molar-refractivity contribution in [3.63, 3.8) is 0 Å². The third-order valence-corrected chi connectivity index (χ3v) is 17.8. The van der Waals surface area contributed by atoms with Gasteiger partial charge in [-0.3, -0.25) is 0 Å². The summed E-state index contributed by atoms with van der Waals surface area (Å²) in [6.07, 6.45) is 14.0. The maximum absolute atomic E-state index is 11.4. The lowest BCUT2D eigenvalue weighted by Crippen LogP contribution is -2.40. The molecular weight excluding hydrogens is 466 g/mol. The van der Waals surface area contributed by atoms with Crippen molar-refractivity contribution in [3.05, 3.63) is 0 Å². The molecular formula is C29H65NO3Si2. The molecule has 0 rings (SSSR count).